The van der Waals surface area contributed by atoms with Crippen LogP contribution in [-0.2, 0) is 10.0 Å². The highest BCUT2D eigenvalue weighted by atomic mass is 32.2. The molecule has 26 heavy (non-hydrogen) atoms. The first-order valence-electron chi connectivity index (χ1n) is 7.84. The number of anilines is 2. The van der Waals surface area contributed by atoms with Crippen LogP contribution in [0.3, 0.4) is 0 Å². The molecule has 3 N–H and O–H groups in total. The van der Waals surface area contributed by atoms with Crippen LogP contribution in [0.2, 0.25) is 0 Å². The molecule has 0 aliphatic heterocycles. The lowest BCUT2D eigenvalue weighted by Crippen LogP contribution is -2.42. The Balaban J connectivity index is 2.31. The molecule has 138 valence electrons. The predicted octanol–water partition coefficient (Wildman–Crippen LogP) is 2.42. The molecule has 0 spiro atoms. The highest BCUT2D eigenvalue weighted by Crippen LogP contribution is 2.24. The number of sulfonamides is 1. The van der Waals surface area contributed by atoms with Crippen LogP contribution < -0.4 is 15.4 Å². The van der Waals surface area contributed by atoms with Crippen molar-refractivity contribution in [3.8, 4) is 0 Å². The zero-order chi connectivity index (χ0) is 19.3. The quantitative estimate of drug-likeness (QED) is 0.667. The number of nitrogens with one attached hydrogen (secondary N) is 3. The number of urea groups is 1. The normalized spacial score (nSPS) is 11.1. The summed E-state index contributed by atoms with van der Waals surface area (Å²) in [7, 11) is -4.14. The Morgan fingerprint density at radius 1 is 1.15 bits per heavy atom. The van der Waals surface area contributed by atoms with E-state index in [0.29, 0.717) is 11.3 Å². The van der Waals surface area contributed by atoms with Gasteiger partial charge in [0, 0.05) is 29.7 Å². The molecule has 1 aromatic heterocycles. The summed E-state index contributed by atoms with van der Waals surface area (Å²) in [6, 6.07) is 7.08. The van der Waals surface area contributed by atoms with E-state index in [4.69, 9.17) is 0 Å². The molecule has 2 amide bonds. The smallest absolute Gasteiger partial charge is 0.328 e. The van der Waals surface area contributed by atoms with Gasteiger partial charge >= 0.3 is 6.03 Å². The van der Waals surface area contributed by atoms with Gasteiger partial charge in [-0.2, -0.15) is 0 Å². The van der Waals surface area contributed by atoms with E-state index in [1.54, 1.807) is 38.1 Å². The van der Waals surface area contributed by atoms with Gasteiger partial charge in [0.25, 0.3) is 10.0 Å². The molecule has 1 heterocycles. The van der Waals surface area contributed by atoms with Crippen LogP contribution >= 0.6 is 0 Å². The van der Waals surface area contributed by atoms with Gasteiger partial charge in [0.1, 0.15) is 4.90 Å². The number of pyridine rings is 1. The van der Waals surface area contributed by atoms with Crippen molar-refractivity contribution in [2.45, 2.75) is 31.7 Å². The number of ketones is 1. The van der Waals surface area contributed by atoms with Crippen LogP contribution in [0.5, 0.6) is 0 Å². The first-order valence-corrected chi connectivity index (χ1v) is 9.32. The Morgan fingerprint density at radius 2 is 1.88 bits per heavy atom. The second kappa shape index (κ2) is 7.96. The topological polar surface area (TPSA) is 117 Å². The van der Waals surface area contributed by atoms with Crippen LogP contribution in [0.4, 0.5) is 16.2 Å². The molecule has 0 bridgehead atoms. The number of rotatable bonds is 6. The summed E-state index contributed by atoms with van der Waals surface area (Å²) in [4.78, 5) is 26.9. The Bertz CT molecular complexity index is 926. The van der Waals surface area contributed by atoms with Gasteiger partial charge < -0.3 is 10.6 Å². The number of amides is 2. The molecule has 0 unspecified atom stereocenters. The zero-order valence-electron chi connectivity index (χ0n) is 14.6. The van der Waals surface area contributed by atoms with E-state index in [-0.39, 0.29) is 22.4 Å². The van der Waals surface area contributed by atoms with E-state index in [0.717, 1.165) is 6.20 Å². The van der Waals surface area contributed by atoms with Crippen LogP contribution in [0, 0.1) is 0 Å². The summed E-state index contributed by atoms with van der Waals surface area (Å²) in [6.07, 6.45) is 2.56. The molecule has 0 aliphatic carbocycles. The van der Waals surface area contributed by atoms with E-state index in [9.17, 15) is 18.0 Å². The molecule has 0 aliphatic rings. The van der Waals surface area contributed by atoms with E-state index in [2.05, 4.69) is 15.6 Å². The molecule has 0 fully saturated rings. The molecule has 0 atom stereocenters. The SMILES string of the molecule is CC(=O)c1cccc(Nc2ccncc2S(=O)(=O)NC(=O)NC(C)C)c1. The van der Waals surface area contributed by atoms with Crippen LogP contribution in [0.15, 0.2) is 47.6 Å². The molecule has 0 radical (unpaired) electrons. The summed E-state index contributed by atoms with van der Waals surface area (Å²) < 4.78 is 27.0. The summed E-state index contributed by atoms with van der Waals surface area (Å²) in [5, 5.41) is 5.40. The van der Waals surface area contributed by atoms with E-state index in [1.165, 1.54) is 19.2 Å². The fourth-order valence-corrected chi connectivity index (χ4v) is 3.16. The summed E-state index contributed by atoms with van der Waals surface area (Å²) >= 11 is 0. The predicted molar refractivity (Wildman–Crippen MR) is 98.0 cm³/mol. The highest BCUT2D eigenvalue weighted by molar-refractivity contribution is 7.90. The van der Waals surface area contributed by atoms with Gasteiger partial charge in [-0.3, -0.25) is 9.78 Å². The highest BCUT2D eigenvalue weighted by Gasteiger charge is 2.22. The molecule has 2 rings (SSSR count). The lowest BCUT2D eigenvalue weighted by Gasteiger charge is -2.14. The fraction of sp³-hybridized carbons (Fsp3) is 0.235. The van der Waals surface area contributed by atoms with Crippen molar-refractivity contribution >= 4 is 33.2 Å². The summed E-state index contributed by atoms with van der Waals surface area (Å²) in [6.45, 7) is 4.87. The molecular formula is C17H20N4O4S. The van der Waals surface area contributed by atoms with Crippen molar-refractivity contribution in [1.29, 1.82) is 0 Å². The standard InChI is InChI=1S/C17H20N4O4S/c1-11(2)19-17(23)21-26(24,25)16-10-18-8-7-15(16)20-14-6-4-5-13(9-14)12(3)22/h4-11H,1-3H3,(H,18,20)(H2,19,21,23). The number of carbonyl (C=O) groups excluding carboxylic acids is 2. The van der Waals surface area contributed by atoms with Crippen molar-refractivity contribution in [1.82, 2.24) is 15.0 Å². The lowest BCUT2D eigenvalue weighted by molar-refractivity contribution is 0.101. The van der Waals surface area contributed by atoms with Gasteiger partial charge in [-0.25, -0.2) is 17.9 Å². The maximum atomic E-state index is 12.5. The van der Waals surface area contributed by atoms with Crippen molar-refractivity contribution in [3.05, 3.63) is 48.3 Å². The van der Waals surface area contributed by atoms with Gasteiger partial charge in [0.15, 0.2) is 5.78 Å². The van der Waals surface area contributed by atoms with Crippen LogP contribution in [0.1, 0.15) is 31.1 Å². The Labute approximate surface area is 152 Å². The average molecular weight is 376 g/mol. The van der Waals surface area contributed by atoms with E-state index in [1.807, 2.05) is 4.72 Å². The third-order valence-electron chi connectivity index (χ3n) is 3.27. The third kappa shape index (κ3) is 5.03. The second-order valence-corrected chi connectivity index (χ2v) is 7.52. The molecule has 0 saturated carbocycles. The maximum absolute atomic E-state index is 12.5. The number of hydrogen-bond donors (Lipinski definition) is 3. The Morgan fingerprint density at radius 3 is 2.54 bits per heavy atom. The minimum atomic E-state index is -4.14. The van der Waals surface area contributed by atoms with Crippen molar-refractivity contribution in [3.63, 3.8) is 0 Å². The lowest BCUT2D eigenvalue weighted by atomic mass is 10.1. The van der Waals surface area contributed by atoms with Gasteiger partial charge in [0.2, 0.25) is 0 Å². The summed E-state index contributed by atoms with van der Waals surface area (Å²) in [5.74, 6) is -0.108. The number of nitrogens with zero attached hydrogens (tertiary/aromatic N) is 1. The molecular weight excluding hydrogens is 356 g/mol. The van der Waals surface area contributed by atoms with Gasteiger partial charge in [-0.05, 0) is 39.0 Å². The van der Waals surface area contributed by atoms with Gasteiger partial charge in [-0.15, -0.1) is 0 Å². The summed E-state index contributed by atoms with van der Waals surface area (Å²) in [5.41, 5.74) is 1.25. The molecule has 8 nitrogen and oxygen atoms in total. The van der Waals surface area contributed by atoms with Crippen molar-refractivity contribution in [2.75, 3.05) is 5.32 Å². The Kier molecular flexibility index (Phi) is 5.93. The second-order valence-electron chi connectivity index (χ2n) is 5.87. The van der Waals surface area contributed by atoms with Crippen LogP contribution in [-0.4, -0.2) is 31.3 Å². The van der Waals surface area contributed by atoms with E-state index < -0.39 is 16.1 Å². The maximum Gasteiger partial charge on any atom is 0.328 e. The molecule has 0 saturated heterocycles. The number of hydrogen-bond acceptors (Lipinski definition) is 6. The number of carbonyl (C=O) groups is 2. The van der Waals surface area contributed by atoms with Gasteiger partial charge in [-0.1, -0.05) is 12.1 Å². The van der Waals surface area contributed by atoms with E-state index >= 15 is 0 Å². The Hall–Kier alpha value is -2.94. The number of aromatic nitrogens is 1. The van der Waals surface area contributed by atoms with Crippen LogP contribution in [0.25, 0.3) is 0 Å². The monoisotopic (exact) mass is 376 g/mol. The minimum absolute atomic E-state index is 0.108. The van der Waals surface area contributed by atoms with Gasteiger partial charge in [0.05, 0.1) is 5.69 Å². The van der Waals surface area contributed by atoms with Crippen molar-refractivity contribution in [2.24, 2.45) is 0 Å². The first kappa shape index (κ1) is 19.4. The van der Waals surface area contributed by atoms with Crippen molar-refractivity contribution < 1.29 is 18.0 Å². The molecule has 9 heteroatoms. The fourth-order valence-electron chi connectivity index (χ4n) is 2.14. The number of Topliss-reactive ketones (excluding diaryl/α,β-unsaturated/α-hetero) is 1. The molecule has 1 aromatic carbocycles. The minimum Gasteiger partial charge on any atom is -0.354 e. The zero-order valence-corrected chi connectivity index (χ0v) is 15.4. The average Bonchev–Trinajstić information content (AvgIpc) is 2.54. The third-order valence-corrected chi connectivity index (χ3v) is 4.63. The molecule has 2 aromatic rings. The number of benzene rings is 1. The largest absolute Gasteiger partial charge is 0.354 e. The first-order chi connectivity index (χ1) is 12.2.